The minimum Gasteiger partial charge on any atom is -0.466 e. The maximum Gasteiger partial charge on any atom is 0.312 e. The van der Waals surface area contributed by atoms with Crippen molar-refractivity contribution in [3.05, 3.63) is 0 Å². The molecule has 3 heteroatoms. The zero-order chi connectivity index (χ0) is 10.4. The van der Waals surface area contributed by atoms with Gasteiger partial charge in [0.25, 0.3) is 0 Å². The molecule has 2 nitrogen and oxygen atoms in total. The van der Waals surface area contributed by atoms with Crippen LogP contribution in [0.1, 0.15) is 45.4 Å². The van der Waals surface area contributed by atoms with E-state index in [9.17, 15) is 4.79 Å². The average molecular weight is 263 g/mol. The molecule has 0 N–H and O–H groups in total. The van der Waals surface area contributed by atoms with Crippen LogP contribution in [0.15, 0.2) is 0 Å². The van der Waals surface area contributed by atoms with E-state index >= 15 is 0 Å². The fourth-order valence-corrected chi connectivity index (χ4v) is 2.58. The molecule has 0 aromatic carbocycles. The first-order valence-corrected chi connectivity index (χ1v) is 6.60. The quantitative estimate of drug-likeness (QED) is 0.562. The lowest BCUT2D eigenvalue weighted by Crippen LogP contribution is -2.30. The summed E-state index contributed by atoms with van der Waals surface area (Å²) in [5, 5.41) is 0.980. The number of hydrogen-bond donors (Lipinski definition) is 0. The Kier molecular flexibility index (Phi) is 4.93. The second kappa shape index (κ2) is 5.74. The van der Waals surface area contributed by atoms with Crippen LogP contribution in [0, 0.1) is 5.41 Å². The van der Waals surface area contributed by atoms with E-state index in [4.69, 9.17) is 4.74 Å². The van der Waals surface area contributed by atoms with Crippen molar-refractivity contribution in [2.75, 3.05) is 11.9 Å². The molecule has 0 aromatic rings. The summed E-state index contributed by atoms with van der Waals surface area (Å²) < 4.78 is 5.17. The number of carbonyl (C=O) groups excluding carboxylic acids is 1. The molecule has 0 spiro atoms. The number of ether oxygens (including phenoxy) is 1. The third kappa shape index (κ3) is 2.72. The van der Waals surface area contributed by atoms with Crippen LogP contribution in [0.5, 0.6) is 0 Å². The maximum absolute atomic E-state index is 11.8. The summed E-state index contributed by atoms with van der Waals surface area (Å²) in [6, 6.07) is 0. The van der Waals surface area contributed by atoms with Gasteiger partial charge in [-0.05, 0) is 32.6 Å². The van der Waals surface area contributed by atoms with Gasteiger partial charge >= 0.3 is 5.97 Å². The number of hydrogen-bond acceptors (Lipinski definition) is 2. The molecule has 0 aromatic heterocycles. The molecule has 0 bridgehead atoms. The Hall–Kier alpha value is -0.0500. The highest BCUT2D eigenvalue weighted by Crippen LogP contribution is 2.43. The molecule has 14 heavy (non-hydrogen) atoms. The number of alkyl halides is 1. The zero-order valence-corrected chi connectivity index (χ0v) is 10.4. The SMILES string of the molecule is CCOC(=O)C1(CCCBr)CCCC1. The van der Waals surface area contributed by atoms with E-state index in [1.807, 2.05) is 6.92 Å². The van der Waals surface area contributed by atoms with E-state index < -0.39 is 0 Å². The van der Waals surface area contributed by atoms with Gasteiger partial charge in [-0.3, -0.25) is 4.79 Å². The van der Waals surface area contributed by atoms with Crippen LogP contribution in [-0.4, -0.2) is 17.9 Å². The van der Waals surface area contributed by atoms with Crippen LogP contribution < -0.4 is 0 Å². The summed E-state index contributed by atoms with van der Waals surface area (Å²) in [6.07, 6.45) is 6.47. The van der Waals surface area contributed by atoms with Crippen LogP contribution in [-0.2, 0) is 9.53 Å². The van der Waals surface area contributed by atoms with E-state index in [2.05, 4.69) is 15.9 Å². The number of carbonyl (C=O) groups is 1. The molecule has 1 rings (SSSR count). The summed E-state index contributed by atoms with van der Waals surface area (Å²) in [6.45, 7) is 2.39. The molecular weight excluding hydrogens is 244 g/mol. The molecule has 0 radical (unpaired) electrons. The first-order valence-electron chi connectivity index (χ1n) is 5.48. The van der Waals surface area contributed by atoms with Crippen LogP contribution >= 0.6 is 15.9 Å². The minimum atomic E-state index is -0.135. The number of esters is 1. The van der Waals surface area contributed by atoms with Gasteiger partial charge in [-0.25, -0.2) is 0 Å². The van der Waals surface area contributed by atoms with Crippen molar-refractivity contribution in [3.8, 4) is 0 Å². The molecule has 1 aliphatic rings. The lowest BCUT2D eigenvalue weighted by Gasteiger charge is -2.25. The molecule has 0 atom stereocenters. The van der Waals surface area contributed by atoms with Crippen molar-refractivity contribution in [1.29, 1.82) is 0 Å². The Bertz CT molecular complexity index is 186. The minimum absolute atomic E-state index is 0.0402. The summed E-state index contributed by atoms with van der Waals surface area (Å²) in [5.74, 6) is 0.0402. The third-order valence-electron chi connectivity index (χ3n) is 3.06. The molecule has 82 valence electrons. The highest BCUT2D eigenvalue weighted by Gasteiger charge is 2.41. The Balaban J connectivity index is 2.56. The number of rotatable bonds is 5. The van der Waals surface area contributed by atoms with Gasteiger partial charge < -0.3 is 4.74 Å². The monoisotopic (exact) mass is 262 g/mol. The molecule has 0 aliphatic heterocycles. The Morgan fingerprint density at radius 1 is 1.43 bits per heavy atom. The van der Waals surface area contributed by atoms with Gasteiger partial charge in [0.15, 0.2) is 0 Å². The van der Waals surface area contributed by atoms with Crippen molar-refractivity contribution < 1.29 is 9.53 Å². The van der Waals surface area contributed by atoms with Crippen molar-refractivity contribution in [2.45, 2.75) is 45.4 Å². The lowest BCUT2D eigenvalue weighted by molar-refractivity contribution is -0.155. The average Bonchev–Trinajstić information content (AvgIpc) is 2.65. The normalized spacial score (nSPS) is 19.6. The number of halogens is 1. The van der Waals surface area contributed by atoms with Crippen molar-refractivity contribution >= 4 is 21.9 Å². The molecule has 1 saturated carbocycles. The summed E-state index contributed by atoms with van der Waals surface area (Å²) in [7, 11) is 0. The summed E-state index contributed by atoms with van der Waals surface area (Å²) >= 11 is 3.42. The zero-order valence-electron chi connectivity index (χ0n) is 8.85. The van der Waals surface area contributed by atoms with Gasteiger partial charge in [-0.2, -0.15) is 0 Å². The smallest absolute Gasteiger partial charge is 0.312 e. The van der Waals surface area contributed by atoms with E-state index in [1.54, 1.807) is 0 Å². The fourth-order valence-electron chi connectivity index (χ4n) is 2.30. The first kappa shape index (κ1) is 12.0. The molecule has 0 amide bonds. The summed E-state index contributed by atoms with van der Waals surface area (Å²) in [5.41, 5.74) is -0.135. The third-order valence-corrected chi connectivity index (χ3v) is 3.62. The Labute approximate surface area is 94.5 Å². The second-order valence-corrected chi connectivity index (χ2v) is 4.79. The van der Waals surface area contributed by atoms with Gasteiger partial charge in [0.2, 0.25) is 0 Å². The van der Waals surface area contributed by atoms with E-state index in [0.717, 1.165) is 31.0 Å². The van der Waals surface area contributed by atoms with Crippen LogP contribution in [0.3, 0.4) is 0 Å². The molecule has 0 heterocycles. The highest BCUT2D eigenvalue weighted by atomic mass is 79.9. The second-order valence-electron chi connectivity index (χ2n) is 4.00. The maximum atomic E-state index is 11.8. The first-order chi connectivity index (χ1) is 6.75. The highest BCUT2D eigenvalue weighted by molar-refractivity contribution is 9.09. The predicted octanol–water partition coefficient (Wildman–Crippen LogP) is 3.29. The van der Waals surface area contributed by atoms with E-state index in [-0.39, 0.29) is 11.4 Å². The van der Waals surface area contributed by atoms with Crippen molar-refractivity contribution in [3.63, 3.8) is 0 Å². The molecule has 0 saturated heterocycles. The van der Waals surface area contributed by atoms with Crippen LogP contribution in [0.25, 0.3) is 0 Å². The lowest BCUT2D eigenvalue weighted by atomic mass is 9.82. The van der Waals surface area contributed by atoms with Crippen LogP contribution in [0.4, 0.5) is 0 Å². The van der Waals surface area contributed by atoms with Gasteiger partial charge in [0, 0.05) is 5.33 Å². The Morgan fingerprint density at radius 2 is 2.07 bits per heavy atom. The standard InChI is InChI=1S/C11H19BrO2/c1-2-14-10(13)11(8-5-9-12)6-3-4-7-11/h2-9H2,1H3. The van der Waals surface area contributed by atoms with Crippen LogP contribution in [0.2, 0.25) is 0 Å². The fraction of sp³-hybridized carbons (Fsp3) is 0.909. The van der Waals surface area contributed by atoms with Gasteiger partial charge in [-0.1, -0.05) is 28.8 Å². The van der Waals surface area contributed by atoms with Gasteiger partial charge in [-0.15, -0.1) is 0 Å². The van der Waals surface area contributed by atoms with Crippen molar-refractivity contribution in [2.24, 2.45) is 5.41 Å². The van der Waals surface area contributed by atoms with Crippen molar-refractivity contribution in [1.82, 2.24) is 0 Å². The van der Waals surface area contributed by atoms with Gasteiger partial charge in [0.05, 0.1) is 12.0 Å². The van der Waals surface area contributed by atoms with E-state index in [1.165, 1.54) is 12.8 Å². The molecule has 0 unspecified atom stereocenters. The van der Waals surface area contributed by atoms with Gasteiger partial charge in [0.1, 0.15) is 0 Å². The topological polar surface area (TPSA) is 26.3 Å². The predicted molar refractivity (Wildman–Crippen MR) is 60.6 cm³/mol. The molecule has 1 fully saturated rings. The summed E-state index contributed by atoms with van der Waals surface area (Å²) in [4.78, 5) is 11.8. The molecule has 1 aliphatic carbocycles. The Morgan fingerprint density at radius 3 is 2.57 bits per heavy atom. The van der Waals surface area contributed by atoms with E-state index in [0.29, 0.717) is 6.61 Å². The molecular formula is C11H19BrO2. The largest absolute Gasteiger partial charge is 0.466 e.